The van der Waals surface area contributed by atoms with Crippen molar-refractivity contribution in [3.8, 4) is 5.75 Å². The van der Waals surface area contributed by atoms with E-state index in [1.54, 1.807) is 12.1 Å². The van der Waals surface area contributed by atoms with Crippen LogP contribution < -0.4 is 5.32 Å². The fourth-order valence-electron chi connectivity index (χ4n) is 1.99. The van der Waals surface area contributed by atoms with Gasteiger partial charge in [0.15, 0.2) is 0 Å². The second kappa shape index (κ2) is 5.61. The van der Waals surface area contributed by atoms with E-state index in [9.17, 15) is 15.2 Å². The van der Waals surface area contributed by atoms with Crippen molar-refractivity contribution in [3.05, 3.63) is 63.2 Å². The Morgan fingerprint density at radius 3 is 2.50 bits per heavy atom. The monoisotopic (exact) mass is 272 g/mol. The molecular formula is C15H16N2O3. The summed E-state index contributed by atoms with van der Waals surface area (Å²) in [6, 6.07) is 10.3. The fraction of sp³-hybridized carbons (Fsp3) is 0.200. The first-order valence-electron chi connectivity index (χ1n) is 6.25. The van der Waals surface area contributed by atoms with Crippen molar-refractivity contribution in [2.24, 2.45) is 0 Å². The zero-order chi connectivity index (χ0) is 14.7. The minimum Gasteiger partial charge on any atom is -0.508 e. The number of hydrogen-bond acceptors (Lipinski definition) is 4. The largest absolute Gasteiger partial charge is 0.508 e. The summed E-state index contributed by atoms with van der Waals surface area (Å²) in [6.45, 7) is 4.07. The van der Waals surface area contributed by atoms with Crippen LogP contribution in [0.1, 0.15) is 16.7 Å². The molecule has 0 atom stereocenters. The lowest BCUT2D eigenvalue weighted by atomic mass is 10.1. The molecule has 20 heavy (non-hydrogen) atoms. The van der Waals surface area contributed by atoms with Gasteiger partial charge in [-0.05, 0) is 31.5 Å². The molecule has 104 valence electrons. The summed E-state index contributed by atoms with van der Waals surface area (Å²) in [4.78, 5) is 10.6. The first-order chi connectivity index (χ1) is 9.47. The second-order valence-electron chi connectivity index (χ2n) is 4.76. The maximum absolute atomic E-state index is 11.0. The van der Waals surface area contributed by atoms with Gasteiger partial charge in [-0.15, -0.1) is 0 Å². The van der Waals surface area contributed by atoms with E-state index in [0.29, 0.717) is 17.8 Å². The molecule has 0 aliphatic heterocycles. The molecule has 5 nitrogen and oxygen atoms in total. The van der Waals surface area contributed by atoms with Gasteiger partial charge in [-0.3, -0.25) is 10.1 Å². The lowest BCUT2D eigenvalue weighted by Gasteiger charge is -2.10. The van der Waals surface area contributed by atoms with E-state index in [-0.39, 0.29) is 11.4 Å². The normalized spacial score (nSPS) is 10.3. The van der Waals surface area contributed by atoms with Gasteiger partial charge in [0.25, 0.3) is 5.69 Å². The molecule has 0 fully saturated rings. The molecular weight excluding hydrogens is 256 g/mol. The predicted octanol–water partition coefficient (Wildman–Crippen LogP) is 3.53. The summed E-state index contributed by atoms with van der Waals surface area (Å²) in [5.74, 6) is 0.179. The number of aryl methyl sites for hydroxylation is 2. The number of nitro groups is 1. The number of aromatic hydroxyl groups is 1. The molecule has 2 N–H and O–H groups in total. The topological polar surface area (TPSA) is 75.4 Å². The number of hydrogen-bond donors (Lipinski definition) is 2. The van der Waals surface area contributed by atoms with Crippen LogP contribution in [0.4, 0.5) is 11.4 Å². The summed E-state index contributed by atoms with van der Waals surface area (Å²) in [5, 5.41) is 23.8. The van der Waals surface area contributed by atoms with Gasteiger partial charge in [0.1, 0.15) is 11.4 Å². The van der Waals surface area contributed by atoms with E-state index >= 15 is 0 Å². The van der Waals surface area contributed by atoms with Crippen molar-refractivity contribution in [1.29, 1.82) is 0 Å². The number of rotatable bonds is 4. The SMILES string of the molecule is Cc1ccc(O)c(CNc2ccc(C)cc2[N+](=O)[O-])c1. The third-order valence-electron chi connectivity index (χ3n) is 3.05. The maximum Gasteiger partial charge on any atom is 0.292 e. The molecule has 0 heterocycles. The first kappa shape index (κ1) is 13.9. The number of phenolic OH excluding ortho intramolecular Hbond substituents is 1. The average Bonchev–Trinajstić information content (AvgIpc) is 2.40. The van der Waals surface area contributed by atoms with Crippen LogP contribution in [0.5, 0.6) is 5.75 Å². The molecule has 0 aliphatic carbocycles. The van der Waals surface area contributed by atoms with E-state index in [4.69, 9.17) is 0 Å². The van der Waals surface area contributed by atoms with Gasteiger partial charge in [-0.1, -0.05) is 23.8 Å². The summed E-state index contributed by atoms with van der Waals surface area (Å²) in [6.07, 6.45) is 0. The molecule has 0 radical (unpaired) electrons. The lowest BCUT2D eigenvalue weighted by molar-refractivity contribution is -0.384. The van der Waals surface area contributed by atoms with Gasteiger partial charge in [-0.25, -0.2) is 0 Å². The van der Waals surface area contributed by atoms with E-state index in [1.807, 2.05) is 32.0 Å². The second-order valence-corrected chi connectivity index (χ2v) is 4.76. The Labute approximate surface area is 117 Å². The molecule has 2 aromatic carbocycles. The highest BCUT2D eigenvalue weighted by atomic mass is 16.6. The molecule has 0 amide bonds. The Hall–Kier alpha value is -2.56. The third kappa shape index (κ3) is 3.06. The third-order valence-corrected chi connectivity index (χ3v) is 3.05. The lowest BCUT2D eigenvalue weighted by Crippen LogP contribution is -2.03. The van der Waals surface area contributed by atoms with E-state index < -0.39 is 4.92 Å². The molecule has 0 bridgehead atoms. The Balaban J connectivity index is 2.23. The number of benzene rings is 2. The minimum atomic E-state index is -0.411. The van der Waals surface area contributed by atoms with Crippen LogP contribution in [-0.4, -0.2) is 10.0 Å². The Bertz CT molecular complexity index is 654. The van der Waals surface area contributed by atoms with Gasteiger partial charge in [-0.2, -0.15) is 0 Å². The van der Waals surface area contributed by atoms with Crippen LogP contribution in [-0.2, 0) is 6.54 Å². The smallest absolute Gasteiger partial charge is 0.292 e. The van der Waals surface area contributed by atoms with Crippen molar-refractivity contribution < 1.29 is 10.0 Å². The number of anilines is 1. The van der Waals surface area contributed by atoms with Crippen LogP contribution in [0, 0.1) is 24.0 Å². The molecule has 2 rings (SSSR count). The van der Waals surface area contributed by atoms with Gasteiger partial charge in [0.05, 0.1) is 4.92 Å². The highest BCUT2D eigenvalue weighted by molar-refractivity contribution is 5.62. The Kier molecular flexibility index (Phi) is 3.89. The molecule has 0 aliphatic rings. The highest BCUT2D eigenvalue weighted by Crippen LogP contribution is 2.27. The molecule has 2 aromatic rings. The molecule has 5 heteroatoms. The number of nitrogens with zero attached hydrogens (tertiary/aromatic N) is 1. The molecule has 0 saturated heterocycles. The predicted molar refractivity (Wildman–Crippen MR) is 78.0 cm³/mol. The minimum absolute atomic E-state index is 0.0390. The summed E-state index contributed by atoms with van der Waals surface area (Å²) in [5.41, 5.74) is 3.05. The van der Waals surface area contributed by atoms with Crippen molar-refractivity contribution >= 4 is 11.4 Å². The van der Waals surface area contributed by atoms with E-state index in [1.165, 1.54) is 6.07 Å². The zero-order valence-corrected chi connectivity index (χ0v) is 11.4. The molecule has 0 aromatic heterocycles. The van der Waals surface area contributed by atoms with Crippen LogP contribution in [0.2, 0.25) is 0 Å². The average molecular weight is 272 g/mol. The number of phenols is 1. The maximum atomic E-state index is 11.0. The van der Waals surface area contributed by atoms with Crippen LogP contribution in [0.25, 0.3) is 0 Å². The van der Waals surface area contributed by atoms with Crippen molar-refractivity contribution in [2.75, 3.05) is 5.32 Å². The van der Waals surface area contributed by atoms with Crippen LogP contribution in [0.3, 0.4) is 0 Å². The Morgan fingerprint density at radius 2 is 1.80 bits per heavy atom. The number of nitrogens with one attached hydrogen (secondary N) is 1. The number of nitro benzene ring substituents is 1. The standard InChI is InChI=1S/C15H16N2O3/c1-10-4-6-15(18)12(7-10)9-16-13-5-3-11(2)8-14(13)17(19)20/h3-8,16,18H,9H2,1-2H3. The first-order valence-corrected chi connectivity index (χ1v) is 6.25. The zero-order valence-electron chi connectivity index (χ0n) is 11.4. The molecule has 0 saturated carbocycles. The summed E-state index contributed by atoms with van der Waals surface area (Å²) in [7, 11) is 0. The van der Waals surface area contributed by atoms with Crippen molar-refractivity contribution in [3.63, 3.8) is 0 Å². The van der Waals surface area contributed by atoms with Gasteiger partial charge in [0, 0.05) is 18.2 Å². The molecule has 0 unspecified atom stereocenters. The van der Waals surface area contributed by atoms with Gasteiger partial charge >= 0.3 is 0 Å². The van der Waals surface area contributed by atoms with Crippen molar-refractivity contribution in [1.82, 2.24) is 0 Å². The molecule has 0 spiro atoms. The van der Waals surface area contributed by atoms with Crippen LogP contribution in [0.15, 0.2) is 36.4 Å². The van der Waals surface area contributed by atoms with Gasteiger partial charge in [0.2, 0.25) is 0 Å². The summed E-state index contributed by atoms with van der Waals surface area (Å²) < 4.78 is 0. The Morgan fingerprint density at radius 1 is 1.15 bits per heavy atom. The van der Waals surface area contributed by atoms with E-state index in [0.717, 1.165) is 11.1 Å². The quantitative estimate of drug-likeness (QED) is 0.659. The van der Waals surface area contributed by atoms with E-state index in [2.05, 4.69) is 5.32 Å². The highest BCUT2D eigenvalue weighted by Gasteiger charge is 2.13. The van der Waals surface area contributed by atoms with Gasteiger partial charge < -0.3 is 10.4 Å². The fourth-order valence-corrected chi connectivity index (χ4v) is 1.99. The van der Waals surface area contributed by atoms with Crippen molar-refractivity contribution in [2.45, 2.75) is 20.4 Å². The van der Waals surface area contributed by atoms with Crippen LogP contribution >= 0.6 is 0 Å². The summed E-state index contributed by atoms with van der Waals surface area (Å²) >= 11 is 0.